The SMILES string of the molecule is CC#Cc1ccccc1C(=O)N(C(C)=O)[C@@H](Cc1ccc(F)cc1)C(=O)N[C@@H](Cc1ccc(N=C(N)N)cc1)C(=O)N[C@@H](CC(C)C)C(=O)N[C@@H](CCCN=C(N)N)C(N)=O. The zero-order valence-electron chi connectivity index (χ0n) is 34.6. The predicted octanol–water partition coefficient (Wildman–Crippen LogP) is 0.984. The number of amides is 6. The number of carbonyl (C=O) groups is 6. The number of nitrogens with one attached hydrogen (secondary N) is 3. The zero-order chi connectivity index (χ0) is 45.2. The fourth-order valence-electron chi connectivity index (χ4n) is 6.30. The Morgan fingerprint density at radius 2 is 1.31 bits per heavy atom. The number of benzene rings is 3. The molecule has 0 unspecified atom stereocenters. The van der Waals surface area contributed by atoms with Crippen molar-refractivity contribution >= 4 is 53.0 Å². The van der Waals surface area contributed by atoms with Gasteiger partial charge in [-0.25, -0.2) is 9.38 Å². The molecule has 4 atom stereocenters. The highest BCUT2D eigenvalue weighted by molar-refractivity contribution is 6.09. The Morgan fingerprint density at radius 1 is 0.738 bits per heavy atom. The van der Waals surface area contributed by atoms with E-state index in [0.717, 1.165) is 11.8 Å². The summed E-state index contributed by atoms with van der Waals surface area (Å²) in [5, 5.41) is 8.05. The van der Waals surface area contributed by atoms with Crippen LogP contribution in [0.25, 0.3) is 0 Å². The van der Waals surface area contributed by atoms with Gasteiger partial charge in [0, 0.05) is 31.9 Å². The van der Waals surface area contributed by atoms with E-state index in [0.29, 0.717) is 28.8 Å². The summed E-state index contributed by atoms with van der Waals surface area (Å²) in [6.45, 7) is 6.52. The van der Waals surface area contributed by atoms with Gasteiger partial charge in [0.15, 0.2) is 11.9 Å². The lowest BCUT2D eigenvalue weighted by atomic mass is 9.98. The van der Waals surface area contributed by atoms with E-state index < -0.39 is 65.4 Å². The molecule has 0 aliphatic carbocycles. The number of halogens is 1. The van der Waals surface area contributed by atoms with Gasteiger partial charge in [0.1, 0.15) is 30.0 Å². The second-order valence-electron chi connectivity index (χ2n) is 14.5. The lowest BCUT2D eigenvalue weighted by molar-refractivity contribution is -0.138. The van der Waals surface area contributed by atoms with Crippen LogP contribution in [0.15, 0.2) is 82.8 Å². The standard InChI is InChI=1S/C43H54FN11O6/c1-5-9-29-10-6-7-11-32(29)41(61)55(26(4)56)36(24-28-13-17-30(44)18-14-28)40(60)54-35(23-27-15-19-31(20-16-27)51-43(48)49)39(59)53-34(22-25(2)3)38(58)52-33(37(45)57)12-8-21-50-42(46)47/h6-7,10-11,13-20,25,33-36H,8,12,21-24H2,1-4H3,(H2,45,57)(H,52,58)(H,53,59)(H,54,60)(H4,46,47,50)(H4,48,49,51)/t33-,34-,35-,36-/m0/s1. The molecule has 17 nitrogen and oxygen atoms in total. The lowest BCUT2D eigenvalue weighted by Gasteiger charge is -2.31. The van der Waals surface area contributed by atoms with Crippen LogP contribution < -0.4 is 44.6 Å². The van der Waals surface area contributed by atoms with Crippen LogP contribution in [0.5, 0.6) is 0 Å². The summed E-state index contributed by atoms with van der Waals surface area (Å²) >= 11 is 0. The number of hydrogen-bond donors (Lipinski definition) is 8. The molecule has 0 fully saturated rings. The predicted molar refractivity (Wildman–Crippen MR) is 230 cm³/mol. The van der Waals surface area contributed by atoms with Crippen LogP contribution in [0.2, 0.25) is 0 Å². The summed E-state index contributed by atoms with van der Waals surface area (Å²) in [4.78, 5) is 91.5. The summed E-state index contributed by atoms with van der Waals surface area (Å²) in [6, 6.07) is 12.6. The molecule has 0 aliphatic heterocycles. The molecule has 0 saturated heterocycles. The number of nitrogens with two attached hydrogens (primary N) is 5. The van der Waals surface area contributed by atoms with Crippen molar-refractivity contribution in [3.63, 3.8) is 0 Å². The maximum Gasteiger partial charge on any atom is 0.262 e. The Balaban J connectivity index is 2.08. The van der Waals surface area contributed by atoms with E-state index in [1.165, 1.54) is 30.3 Å². The molecular weight excluding hydrogens is 786 g/mol. The Bertz CT molecular complexity index is 2160. The van der Waals surface area contributed by atoms with E-state index in [1.54, 1.807) is 49.4 Å². The molecule has 13 N–H and O–H groups in total. The van der Waals surface area contributed by atoms with Crippen LogP contribution >= 0.6 is 0 Å². The van der Waals surface area contributed by atoms with Crippen molar-refractivity contribution in [1.29, 1.82) is 0 Å². The highest BCUT2D eigenvalue weighted by Gasteiger charge is 2.37. The van der Waals surface area contributed by atoms with Gasteiger partial charge in [-0.2, -0.15) is 0 Å². The van der Waals surface area contributed by atoms with E-state index in [1.807, 2.05) is 13.8 Å². The van der Waals surface area contributed by atoms with E-state index in [2.05, 4.69) is 37.8 Å². The van der Waals surface area contributed by atoms with Crippen molar-refractivity contribution in [2.45, 2.75) is 84.0 Å². The average Bonchev–Trinajstić information content (AvgIpc) is 3.19. The van der Waals surface area contributed by atoms with Crippen molar-refractivity contribution in [2.24, 2.45) is 44.6 Å². The first-order valence-electron chi connectivity index (χ1n) is 19.4. The van der Waals surface area contributed by atoms with E-state index >= 15 is 0 Å². The number of rotatable bonds is 20. The molecule has 0 bridgehead atoms. The van der Waals surface area contributed by atoms with Gasteiger partial charge in [-0.05, 0) is 79.6 Å². The average molecular weight is 840 g/mol. The van der Waals surface area contributed by atoms with Crippen molar-refractivity contribution in [1.82, 2.24) is 20.9 Å². The normalized spacial score (nSPS) is 12.6. The maximum absolute atomic E-state index is 14.6. The topological polar surface area (TPSA) is 297 Å². The van der Waals surface area contributed by atoms with Gasteiger partial charge in [0.2, 0.25) is 29.5 Å². The quantitative estimate of drug-likeness (QED) is 0.0345. The molecule has 0 aromatic heterocycles. The highest BCUT2D eigenvalue weighted by Crippen LogP contribution is 2.20. The Morgan fingerprint density at radius 3 is 1.89 bits per heavy atom. The van der Waals surface area contributed by atoms with Crippen molar-refractivity contribution in [3.8, 4) is 11.8 Å². The Labute approximate surface area is 354 Å². The molecule has 3 aromatic carbocycles. The van der Waals surface area contributed by atoms with Crippen LogP contribution in [-0.2, 0) is 36.8 Å². The first-order valence-corrected chi connectivity index (χ1v) is 19.4. The molecule has 324 valence electrons. The van der Waals surface area contributed by atoms with Gasteiger partial charge in [-0.15, -0.1) is 5.92 Å². The molecule has 0 saturated carbocycles. The minimum absolute atomic E-state index is 0.0483. The monoisotopic (exact) mass is 839 g/mol. The number of primary amides is 1. The lowest BCUT2D eigenvalue weighted by Crippen LogP contribution is -2.60. The molecule has 0 heterocycles. The summed E-state index contributed by atoms with van der Waals surface area (Å²) in [5.41, 5.74) is 29.1. The number of imide groups is 1. The Kier molecular flexibility index (Phi) is 18.4. The second-order valence-corrected chi connectivity index (χ2v) is 14.5. The van der Waals surface area contributed by atoms with E-state index in [9.17, 15) is 33.2 Å². The van der Waals surface area contributed by atoms with E-state index in [-0.39, 0.29) is 55.6 Å². The fourth-order valence-corrected chi connectivity index (χ4v) is 6.30. The van der Waals surface area contributed by atoms with E-state index in [4.69, 9.17) is 28.7 Å². The summed E-state index contributed by atoms with van der Waals surface area (Å²) in [6.07, 6.45) is 0.0999. The van der Waals surface area contributed by atoms with Gasteiger partial charge < -0.3 is 44.6 Å². The van der Waals surface area contributed by atoms with Crippen molar-refractivity contribution in [2.75, 3.05) is 6.54 Å². The Hall–Kier alpha value is -7.29. The molecule has 6 amide bonds. The number of aliphatic imine (C=N–C) groups is 2. The maximum atomic E-state index is 14.6. The number of hydrogen-bond acceptors (Lipinski definition) is 8. The molecule has 0 aliphatic rings. The molecule has 0 spiro atoms. The van der Waals surface area contributed by atoms with Gasteiger partial charge >= 0.3 is 0 Å². The second kappa shape index (κ2) is 23.3. The third-order valence-electron chi connectivity index (χ3n) is 9.14. The molecule has 3 rings (SSSR count). The highest BCUT2D eigenvalue weighted by atomic mass is 19.1. The summed E-state index contributed by atoms with van der Waals surface area (Å²) in [7, 11) is 0. The van der Waals surface area contributed by atoms with Crippen molar-refractivity contribution in [3.05, 3.63) is 101 Å². The summed E-state index contributed by atoms with van der Waals surface area (Å²) < 4.78 is 14.0. The number of guanidine groups is 2. The molecule has 3 aromatic rings. The fraction of sp³-hybridized carbons (Fsp3) is 0.349. The molecule has 0 radical (unpaired) electrons. The largest absolute Gasteiger partial charge is 0.370 e. The molecule has 18 heteroatoms. The molecule has 61 heavy (non-hydrogen) atoms. The van der Waals surface area contributed by atoms with Crippen LogP contribution in [0.3, 0.4) is 0 Å². The first kappa shape index (κ1) is 48.1. The zero-order valence-corrected chi connectivity index (χ0v) is 34.6. The minimum Gasteiger partial charge on any atom is -0.370 e. The minimum atomic E-state index is -1.57. The van der Waals surface area contributed by atoms with Crippen LogP contribution in [0.4, 0.5) is 10.1 Å². The third-order valence-corrected chi connectivity index (χ3v) is 9.14. The van der Waals surface area contributed by atoms with Gasteiger partial charge in [-0.1, -0.05) is 56.2 Å². The number of carbonyl (C=O) groups excluding carboxylic acids is 6. The smallest absolute Gasteiger partial charge is 0.262 e. The number of nitrogens with zero attached hydrogens (tertiary/aromatic N) is 3. The van der Waals surface area contributed by atoms with Gasteiger partial charge in [0.25, 0.3) is 5.91 Å². The van der Waals surface area contributed by atoms with Crippen LogP contribution in [0.1, 0.15) is 74.0 Å². The summed E-state index contributed by atoms with van der Waals surface area (Å²) in [5.74, 6) is -0.311. The first-order chi connectivity index (χ1) is 28.9. The molecular formula is C43H54FN11O6. The third kappa shape index (κ3) is 15.4. The van der Waals surface area contributed by atoms with Crippen molar-refractivity contribution < 1.29 is 33.2 Å². The van der Waals surface area contributed by atoms with Gasteiger partial charge in [0.05, 0.1) is 11.3 Å². The van der Waals surface area contributed by atoms with Crippen LogP contribution in [-0.4, -0.2) is 83.0 Å². The van der Waals surface area contributed by atoms with Gasteiger partial charge in [-0.3, -0.25) is 38.7 Å². The van der Waals surface area contributed by atoms with Crippen LogP contribution in [0, 0.1) is 23.6 Å².